The topological polar surface area (TPSA) is 26.3 Å². The average Bonchev–Trinajstić information content (AvgIpc) is 2.20. The molecule has 0 unspecified atom stereocenters. The first-order valence-electron chi connectivity index (χ1n) is 3.72. The van der Waals surface area contributed by atoms with Crippen LogP contribution in [0.3, 0.4) is 0 Å². The highest BCUT2D eigenvalue weighted by Gasteiger charge is 2.13. The summed E-state index contributed by atoms with van der Waals surface area (Å²) < 4.78 is 4.61. The maximum atomic E-state index is 11.3. The minimum absolute atomic E-state index is 0.344. The Morgan fingerprint density at radius 3 is 2.50 bits per heavy atom. The van der Waals surface area contributed by atoms with Gasteiger partial charge in [-0.2, -0.15) is 0 Å². The van der Waals surface area contributed by atoms with E-state index in [0.29, 0.717) is 20.9 Å². The number of carbonyl (C=O) groups excluding carboxylic acids is 1. The maximum Gasteiger partial charge on any atom is 0.338 e. The van der Waals surface area contributed by atoms with Gasteiger partial charge in [0.2, 0.25) is 0 Å². The van der Waals surface area contributed by atoms with Crippen molar-refractivity contribution in [2.45, 2.75) is 5.33 Å². The fourth-order valence-electron chi connectivity index (χ4n) is 0.999. The molecule has 0 saturated carbocycles. The smallest absolute Gasteiger partial charge is 0.338 e. The predicted molar refractivity (Wildman–Crippen MR) is 60.4 cm³/mol. The second-order valence-electron chi connectivity index (χ2n) is 2.55. The first-order chi connectivity index (χ1) is 6.60. The molecule has 0 saturated heterocycles. The molecule has 1 rings (SSSR count). The maximum absolute atomic E-state index is 11.3. The molecule has 0 spiro atoms. The van der Waals surface area contributed by atoms with E-state index in [-0.39, 0.29) is 0 Å². The van der Waals surface area contributed by atoms with Crippen molar-refractivity contribution < 1.29 is 9.53 Å². The summed E-state index contributed by atoms with van der Waals surface area (Å²) >= 11 is 14.9. The van der Waals surface area contributed by atoms with E-state index in [1.54, 1.807) is 6.07 Å². The third-order valence-electron chi connectivity index (χ3n) is 1.70. The fraction of sp³-hybridized carbons (Fsp3) is 0.222. The molecule has 0 aliphatic carbocycles. The average molecular weight is 298 g/mol. The minimum Gasteiger partial charge on any atom is -0.465 e. The lowest BCUT2D eigenvalue weighted by Crippen LogP contribution is -2.04. The second-order valence-corrected chi connectivity index (χ2v) is 3.92. The third kappa shape index (κ3) is 2.41. The summed E-state index contributed by atoms with van der Waals surface area (Å²) in [6, 6.07) is 3.15. The number of esters is 1. The highest BCUT2D eigenvalue weighted by molar-refractivity contribution is 9.08. The van der Waals surface area contributed by atoms with Crippen LogP contribution in [0, 0.1) is 0 Å². The molecule has 0 aliphatic rings. The van der Waals surface area contributed by atoms with Crippen molar-refractivity contribution in [3.8, 4) is 0 Å². The molecule has 1 aromatic rings. The van der Waals surface area contributed by atoms with Crippen molar-refractivity contribution in [1.82, 2.24) is 0 Å². The van der Waals surface area contributed by atoms with Gasteiger partial charge in [-0.15, -0.1) is 0 Å². The Bertz CT molecular complexity index is 366. The summed E-state index contributed by atoms with van der Waals surface area (Å²) in [5.74, 6) is -0.419. The fourth-order valence-corrected chi connectivity index (χ4v) is 1.81. The summed E-state index contributed by atoms with van der Waals surface area (Å²) in [6.07, 6.45) is 0. The Labute approximate surface area is 100 Å². The molecule has 2 nitrogen and oxygen atoms in total. The molecule has 0 aliphatic heterocycles. The third-order valence-corrected chi connectivity index (χ3v) is 3.02. The van der Waals surface area contributed by atoms with Crippen molar-refractivity contribution in [3.05, 3.63) is 33.3 Å². The summed E-state index contributed by atoms with van der Waals surface area (Å²) in [5, 5.41) is 1.29. The molecule has 0 N–H and O–H groups in total. The van der Waals surface area contributed by atoms with E-state index in [1.807, 2.05) is 0 Å². The molecule has 76 valence electrons. The van der Waals surface area contributed by atoms with Gasteiger partial charge in [-0.05, 0) is 17.7 Å². The monoisotopic (exact) mass is 296 g/mol. The van der Waals surface area contributed by atoms with Crippen LogP contribution < -0.4 is 0 Å². The molecule has 5 heteroatoms. The van der Waals surface area contributed by atoms with Crippen LogP contribution in [0.2, 0.25) is 10.0 Å². The molecule has 0 amide bonds. The number of hydrogen-bond donors (Lipinski definition) is 0. The number of carbonyl (C=O) groups is 1. The van der Waals surface area contributed by atoms with Gasteiger partial charge < -0.3 is 4.74 Å². The van der Waals surface area contributed by atoms with E-state index >= 15 is 0 Å². The standard InChI is InChI=1S/C9H7BrCl2O2/c1-14-9(13)6-3-8(12)7(11)2-5(6)4-10/h2-3H,4H2,1H3. The summed E-state index contributed by atoms with van der Waals surface area (Å²) in [4.78, 5) is 11.3. The highest BCUT2D eigenvalue weighted by Crippen LogP contribution is 2.27. The van der Waals surface area contributed by atoms with Gasteiger partial charge in [-0.1, -0.05) is 39.1 Å². The van der Waals surface area contributed by atoms with Crippen molar-refractivity contribution in [2.75, 3.05) is 7.11 Å². The molecule has 0 radical (unpaired) electrons. The lowest BCUT2D eigenvalue weighted by atomic mass is 10.1. The predicted octanol–water partition coefficient (Wildman–Crippen LogP) is 3.67. The van der Waals surface area contributed by atoms with Crippen LogP contribution in [0.25, 0.3) is 0 Å². The Hall–Kier alpha value is -0.250. The van der Waals surface area contributed by atoms with E-state index in [2.05, 4.69) is 20.7 Å². The van der Waals surface area contributed by atoms with Crippen molar-refractivity contribution in [1.29, 1.82) is 0 Å². The van der Waals surface area contributed by atoms with Gasteiger partial charge in [-0.3, -0.25) is 0 Å². The molecule has 0 heterocycles. The Morgan fingerprint density at radius 2 is 2.00 bits per heavy atom. The van der Waals surface area contributed by atoms with E-state index in [9.17, 15) is 4.79 Å². The van der Waals surface area contributed by atoms with E-state index < -0.39 is 5.97 Å². The lowest BCUT2D eigenvalue weighted by Gasteiger charge is -2.06. The Kier molecular flexibility index (Phi) is 4.23. The van der Waals surface area contributed by atoms with Crippen LogP contribution in [0.15, 0.2) is 12.1 Å². The number of alkyl halides is 1. The van der Waals surface area contributed by atoms with Crippen LogP contribution in [0.5, 0.6) is 0 Å². The SMILES string of the molecule is COC(=O)c1cc(Cl)c(Cl)cc1CBr. The van der Waals surface area contributed by atoms with Crippen LogP contribution in [0.1, 0.15) is 15.9 Å². The Morgan fingerprint density at radius 1 is 1.43 bits per heavy atom. The van der Waals surface area contributed by atoms with Gasteiger partial charge in [0.1, 0.15) is 0 Å². The van der Waals surface area contributed by atoms with Crippen molar-refractivity contribution in [3.63, 3.8) is 0 Å². The van der Waals surface area contributed by atoms with Crippen LogP contribution >= 0.6 is 39.1 Å². The number of rotatable bonds is 2. The highest BCUT2D eigenvalue weighted by atomic mass is 79.9. The van der Waals surface area contributed by atoms with Crippen LogP contribution in [-0.4, -0.2) is 13.1 Å². The summed E-state index contributed by atoms with van der Waals surface area (Å²) in [5.41, 5.74) is 1.19. The van der Waals surface area contributed by atoms with Crippen molar-refractivity contribution in [2.24, 2.45) is 0 Å². The summed E-state index contributed by atoms with van der Waals surface area (Å²) in [7, 11) is 1.32. The van der Waals surface area contributed by atoms with E-state index in [1.165, 1.54) is 13.2 Å². The zero-order valence-electron chi connectivity index (χ0n) is 7.31. The minimum atomic E-state index is -0.419. The van der Waals surface area contributed by atoms with Gasteiger partial charge in [0, 0.05) is 5.33 Å². The largest absolute Gasteiger partial charge is 0.465 e. The van der Waals surface area contributed by atoms with Gasteiger partial charge in [0.05, 0.1) is 22.7 Å². The van der Waals surface area contributed by atoms with Crippen LogP contribution in [-0.2, 0) is 10.1 Å². The quantitative estimate of drug-likeness (QED) is 0.615. The van der Waals surface area contributed by atoms with Crippen molar-refractivity contribution >= 4 is 45.1 Å². The molecule has 0 atom stereocenters. The van der Waals surface area contributed by atoms with Crippen LogP contribution in [0.4, 0.5) is 0 Å². The van der Waals surface area contributed by atoms with Gasteiger partial charge in [-0.25, -0.2) is 4.79 Å². The molecular weight excluding hydrogens is 291 g/mol. The molecule has 0 aromatic heterocycles. The van der Waals surface area contributed by atoms with Gasteiger partial charge >= 0.3 is 5.97 Å². The zero-order chi connectivity index (χ0) is 10.7. The number of halogens is 3. The molecule has 0 fully saturated rings. The molecule has 1 aromatic carbocycles. The number of methoxy groups -OCH3 is 1. The molecular formula is C9H7BrCl2O2. The van der Waals surface area contributed by atoms with E-state index in [4.69, 9.17) is 23.2 Å². The van der Waals surface area contributed by atoms with Gasteiger partial charge in [0.15, 0.2) is 0 Å². The lowest BCUT2D eigenvalue weighted by molar-refractivity contribution is 0.0600. The second kappa shape index (κ2) is 5.01. The number of benzene rings is 1. The van der Waals surface area contributed by atoms with Gasteiger partial charge in [0.25, 0.3) is 0 Å². The number of hydrogen-bond acceptors (Lipinski definition) is 2. The Balaban J connectivity index is 3.27. The molecule has 14 heavy (non-hydrogen) atoms. The summed E-state index contributed by atoms with van der Waals surface area (Å²) in [6.45, 7) is 0. The van der Waals surface area contributed by atoms with E-state index in [0.717, 1.165) is 5.56 Å². The normalized spacial score (nSPS) is 10.0. The first kappa shape index (κ1) is 11.8. The first-order valence-corrected chi connectivity index (χ1v) is 5.60. The number of ether oxygens (including phenoxy) is 1. The molecule has 0 bridgehead atoms. The zero-order valence-corrected chi connectivity index (χ0v) is 10.4.